The van der Waals surface area contributed by atoms with Crippen LogP contribution in [-0.4, -0.2) is 28.5 Å². The molecule has 0 aliphatic carbocycles. The summed E-state index contributed by atoms with van der Waals surface area (Å²) in [4.78, 5) is 28.5. The molecule has 3 rings (SSSR count). The van der Waals surface area contributed by atoms with Crippen LogP contribution in [0.25, 0.3) is 0 Å². The molecule has 2 heterocycles. The van der Waals surface area contributed by atoms with Crippen molar-refractivity contribution in [1.29, 1.82) is 0 Å². The molecule has 1 aromatic heterocycles. The Morgan fingerprint density at radius 1 is 1.35 bits per heavy atom. The van der Waals surface area contributed by atoms with Crippen LogP contribution in [0.4, 0.5) is 5.69 Å². The minimum atomic E-state index is -0.102. The summed E-state index contributed by atoms with van der Waals surface area (Å²) >= 11 is 3.17. The quantitative estimate of drug-likeness (QED) is 0.915. The van der Waals surface area contributed by atoms with Crippen LogP contribution < -0.4 is 5.32 Å². The molecule has 4 nitrogen and oxygen atoms in total. The van der Waals surface area contributed by atoms with E-state index in [0.717, 1.165) is 15.5 Å². The van der Waals surface area contributed by atoms with Crippen LogP contribution in [0.3, 0.4) is 0 Å². The Kier molecular flexibility index (Phi) is 4.73. The van der Waals surface area contributed by atoms with Crippen LogP contribution in [0.1, 0.15) is 29.1 Å². The maximum atomic E-state index is 12.7. The average molecular weight is 346 g/mol. The number of rotatable bonds is 4. The van der Waals surface area contributed by atoms with Crippen LogP contribution in [0.15, 0.2) is 40.6 Å². The van der Waals surface area contributed by atoms with Crippen molar-refractivity contribution in [2.45, 2.75) is 30.5 Å². The second-order valence-electron chi connectivity index (χ2n) is 5.36. The third kappa shape index (κ3) is 3.43. The number of carbonyl (C=O) groups excluding carboxylic acids is 2. The van der Waals surface area contributed by atoms with E-state index in [0.29, 0.717) is 18.7 Å². The van der Waals surface area contributed by atoms with E-state index in [1.807, 2.05) is 48.4 Å². The highest BCUT2D eigenvalue weighted by Gasteiger charge is 2.24. The molecular formula is C17H18N2O2S2. The maximum absolute atomic E-state index is 12.7. The standard InChI is InChI=1S/C17H18N2O2S2/c1-3-19(10-13-5-4-8-22-13)17(21)12-6-7-15-14(9-12)18-16(20)11(2)23-15/h4-9,11H,3,10H2,1-2H3,(H,18,20). The predicted octanol–water partition coefficient (Wildman–Crippen LogP) is 3.84. The van der Waals surface area contributed by atoms with E-state index in [4.69, 9.17) is 0 Å². The summed E-state index contributed by atoms with van der Waals surface area (Å²) in [5.74, 6) is -0.0281. The largest absolute Gasteiger partial charge is 0.334 e. The van der Waals surface area contributed by atoms with Gasteiger partial charge in [0.05, 0.1) is 17.5 Å². The zero-order valence-electron chi connectivity index (χ0n) is 13.0. The van der Waals surface area contributed by atoms with Gasteiger partial charge < -0.3 is 10.2 Å². The molecule has 6 heteroatoms. The van der Waals surface area contributed by atoms with Gasteiger partial charge in [0.2, 0.25) is 5.91 Å². The van der Waals surface area contributed by atoms with Crippen molar-refractivity contribution in [2.75, 3.05) is 11.9 Å². The van der Waals surface area contributed by atoms with Crippen LogP contribution >= 0.6 is 23.1 Å². The first-order chi connectivity index (χ1) is 11.1. The van der Waals surface area contributed by atoms with Crippen molar-refractivity contribution in [2.24, 2.45) is 0 Å². The molecule has 1 N–H and O–H groups in total. The summed E-state index contributed by atoms with van der Waals surface area (Å²) in [5, 5.41) is 4.79. The van der Waals surface area contributed by atoms with E-state index in [2.05, 4.69) is 5.32 Å². The number of hydrogen-bond acceptors (Lipinski definition) is 4. The Bertz CT molecular complexity index is 728. The van der Waals surface area contributed by atoms with Crippen molar-refractivity contribution >= 4 is 40.6 Å². The molecular weight excluding hydrogens is 328 g/mol. The topological polar surface area (TPSA) is 49.4 Å². The van der Waals surface area contributed by atoms with Crippen LogP contribution in [0, 0.1) is 0 Å². The fraction of sp³-hybridized carbons (Fsp3) is 0.294. The van der Waals surface area contributed by atoms with E-state index in [-0.39, 0.29) is 17.1 Å². The van der Waals surface area contributed by atoms with Gasteiger partial charge in [-0.1, -0.05) is 6.07 Å². The van der Waals surface area contributed by atoms with Crippen LogP contribution in [0.5, 0.6) is 0 Å². The molecule has 0 spiro atoms. The molecule has 120 valence electrons. The first-order valence-corrected chi connectivity index (χ1v) is 9.27. The van der Waals surface area contributed by atoms with Crippen molar-refractivity contribution in [3.8, 4) is 0 Å². The van der Waals surface area contributed by atoms with Crippen molar-refractivity contribution in [1.82, 2.24) is 4.90 Å². The third-order valence-electron chi connectivity index (χ3n) is 3.75. The average Bonchev–Trinajstić information content (AvgIpc) is 3.06. The fourth-order valence-corrected chi connectivity index (χ4v) is 4.09. The van der Waals surface area contributed by atoms with Gasteiger partial charge in [-0.2, -0.15) is 0 Å². The summed E-state index contributed by atoms with van der Waals surface area (Å²) in [6.45, 7) is 5.11. The first-order valence-electron chi connectivity index (χ1n) is 7.51. The monoisotopic (exact) mass is 346 g/mol. The Labute approximate surface area is 143 Å². The van der Waals surface area contributed by atoms with E-state index >= 15 is 0 Å². The highest BCUT2D eigenvalue weighted by Crippen LogP contribution is 2.36. The van der Waals surface area contributed by atoms with Crippen molar-refractivity contribution in [3.05, 3.63) is 46.2 Å². The molecule has 2 aromatic rings. The van der Waals surface area contributed by atoms with E-state index in [1.54, 1.807) is 17.4 Å². The number of carbonyl (C=O) groups is 2. The van der Waals surface area contributed by atoms with Crippen molar-refractivity contribution in [3.63, 3.8) is 0 Å². The Balaban J connectivity index is 1.82. The predicted molar refractivity (Wildman–Crippen MR) is 95.1 cm³/mol. The van der Waals surface area contributed by atoms with Gasteiger partial charge in [0.1, 0.15) is 0 Å². The lowest BCUT2D eigenvalue weighted by Crippen LogP contribution is -2.31. The zero-order valence-corrected chi connectivity index (χ0v) is 14.7. The molecule has 0 saturated heterocycles. The molecule has 0 bridgehead atoms. The maximum Gasteiger partial charge on any atom is 0.254 e. The molecule has 0 fully saturated rings. The highest BCUT2D eigenvalue weighted by molar-refractivity contribution is 8.00. The summed E-state index contributed by atoms with van der Waals surface area (Å²) in [6, 6.07) is 9.57. The van der Waals surface area contributed by atoms with Crippen LogP contribution in [0.2, 0.25) is 0 Å². The minimum Gasteiger partial charge on any atom is -0.334 e. The lowest BCUT2D eigenvalue weighted by Gasteiger charge is -2.24. The van der Waals surface area contributed by atoms with Gasteiger partial charge in [-0.15, -0.1) is 23.1 Å². The fourth-order valence-electron chi connectivity index (χ4n) is 2.44. The summed E-state index contributed by atoms with van der Waals surface area (Å²) in [5.41, 5.74) is 1.34. The summed E-state index contributed by atoms with van der Waals surface area (Å²) in [6.07, 6.45) is 0. The highest BCUT2D eigenvalue weighted by atomic mass is 32.2. The number of thiophene rings is 1. The summed E-state index contributed by atoms with van der Waals surface area (Å²) in [7, 11) is 0. The van der Waals surface area contributed by atoms with E-state index < -0.39 is 0 Å². The number of amides is 2. The second-order valence-corrected chi connectivity index (χ2v) is 7.77. The smallest absolute Gasteiger partial charge is 0.254 e. The van der Waals surface area contributed by atoms with Gasteiger partial charge in [-0.05, 0) is 43.5 Å². The molecule has 1 aliphatic heterocycles. The molecule has 1 aliphatic rings. The van der Waals surface area contributed by atoms with Crippen LogP contribution in [-0.2, 0) is 11.3 Å². The molecule has 23 heavy (non-hydrogen) atoms. The molecule has 0 saturated carbocycles. The van der Waals surface area contributed by atoms with Gasteiger partial charge in [0.15, 0.2) is 0 Å². The molecule has 2 amide bonds. The number of nitrogens with zero attached hydrogens (tertiary/aromatic N) is 1. The van der Waals surface area contributed by atoms with Gasteiger partial charge in [0.25, 0.3) is 5.91 Å². The van der Waals surface area contributed by atoms with Gasteiger partial charge in [-0.25, -0.2) is 0 Å². The van der Waals surface area contributed by atoms with Gasteiger partial charge >= 0.3 is 0 Å². The Morgan fingerprint density at radius 3 is 2.87 bits per heavy atom. The molecule has 0 radical (unpaired) electrons. The normalized spacial score (nSPS) is 16.6. The number of hydrogen-bond donors (Lipinski definition) is 1. The zero-order chi connectivity index (χ0) is 16.4. The number of benzene rings is 1. The Hall–Kier alpha value is -1.79. The number of fused-ring (bicyclic) bond motifs is 1. The first kappa shape index (κ1) is 16.1. The molecule has 1 unspecified atom stereocenters. The van der Waals surface area contributed by atoms with Gasteiger partial charge in [0, 0.05) is 21.9 Å². The number of anilines is 1. The number of nitrogens with one attached hydrogen (secondary N) is 1. The van der Waals surface area contributed by atoms with E-state index in [9.17, 15) is 9.59 Å². The van der Waals surface area contributed by atoms with E-state index in [1.165, 1.54) is 11.8 Å². The molecule has 1 atom stereocenters. The lowest BCUT2D eigenvalue weighted by atomic mass is 10.1. The molecule has 1 aromatic carbocycles. The SMILES string of the molecule is CCN(Cc1cccs1)C(=O)c1ccc2c(c1)NC(=O)C(C)S2. The number of thioether (sulfide) groups is 1. The Morgan fingerprint density at radius 2 is 2.17 bits per heavy atom. The van der Waals surface area contributed by atoms with Gasteiger partial charge in [-0.3, -0.25) is 9.59 Å². The lowest BCUT2D eigenvalue weighted by molar-refractivity contribution is -0.115. The summed E-state index contributed by atoms with van der Waals surface area (Å²) < 4.78 is 0. The third-order valence-corrected chi connectivity index (χ3v) is 5.79. The minimum absolute atomic E-state index is 0.0124. The second kappa shape index (κ2) is 6.76. The van der Waals surface area contributed by atoms with Crippen molar-refractivity contribution < 1.29 is 9.59 Å².